The van der Waals surface area contributed by atoms with Crippen molar-refractivity contribution < 1.29 is 4.74 Å². The van der Waals surface area contributed by atoms with Crippen LogP contribution in [0, 0.1) is 5.41 Å². The van der Waals surface area contributed by atoms with Crippen LogP contribution in [0.2, 0.25) is 0 Å². The maximum absolute atomic E-state index is 5.90. The molecule has 3 nitrogen and oxygen atoms in total. The van der Waals surface area contributed by atoms with Crippen LogP contribution in [0.3, 0.4) is 0 Å². The van der Waals surface area contributed by atoms with Crippen molar-refractivity contribution in [2.24, 2.45) is 11.1 Å². The number of hydrogen-bond donors (Lipinski definition) is 1. The molecule has 2 rings (SSSR count). The molecule has 0 aromatic rings. The van der Waals surface area contributed by atoms with Gasteiger partial charge < -0.3 is 10.5 Å². The SMILES string of the molecule is CC1(C)CN(CC2(CN)CCC2)CCO1. The molecule has 0 spiro atoms. The van der Waals surface area contributed by atoms with Gasteiger partial charge in [-0.05, 0) is 38.6 Å². The first-order chi connectivity index (χ1) is 7.05. The minimum Gasteiger partial charge on any atom is -0.373 e. The highest BCUT2D eigenvalue weighted by atomic mass is 16.5. The topological polar surface area (TPSA) is 38.5 Å². The van der Waals surface area contributed by atoms with E-state index in [-0.39, 0.29) is 5.60 Å². The van der Waals surface area contributed by atoms with Gasteiger partial charge in [0, 0.05) is 19.6 Å². The van der Waals surface area contributed by atoms with Crippen LogP contribution in [0.5, 0.6) is 0 Å². The van der Waals surface area contributed by atoms with Gasteiger partial charge in [0.05, 0.1) is 12.2 Å². The van der Waals surface area contributed by atoms with Crippen LogP contribution in [0.15, 0.2) is 0 Å². The van der Waals surface area contributed by atoms with E-state index in [0.29, 0.717) is 5.41 Å². The summed E-state index contributed by atoms with van der Waals surface area (Å²) in [6.45, 7) is 9.37. The molecular formula is C12H24N2O. The molecule has 88 valence electrons. The summed E-state index contributed by atoms with van der Waals surface area (Å²) in [5.41, 5.74) is 6.36. The van der Waals surface area contributed by atoms with Gasteiger partial charge in [-0.3, -0.25) is 4.90 Å². The average Bonchev–Trinajstić information content (AvgIpc) is 2.10. The minimum atomic E-state index is 0.0256. The molecule has 0 amide bonds. The van der Waals surface area contributed by atoms with Gasteiger partial charge in [0.15, 0.2) is 0 Å². The zero-order valence-corrected chi connectivity index (χ0v) is 10.1. The number of nitrogens with zero attached hydrogens (tertiary/aromatic N) is 1. The first kappa shape index (κ1) is 11.4. The highest BCUT2D eigenvalue weighted by molar-refractivity contribution is 4.93. The Morgan fingerprint density at radius 1 is 1.33 bits per heavy atom. The molecule has 15 heavy (non-hydrogen) atoms. The van der Waals surface area contributed by atoms with Crippen molar-refractivity contribution in [2.75, 3.05) is 32.8 Å². The molecule has 2 fully saturated rings. The Balaban J connectivity index is 1.88. The van der Waals surface area contributed by atoms with Gasteiger partial charge in [-0.1, -0.05) is 6.42 Å². The fraction of sp³-hybridized carbons (Fsp3) is 1.00. The predicted octanol–water partition coefficient (Wildman–Crippen LogP) is 1.23. The molecule has 0 aromatic carbocycles. The Bertz CT molecular complexity index is 218. The summed E-state index contributed by atoms with van der Waals surface area (Å²) < 4.78 is 5.72. The molecule has 1 heterocycles. The molecule has 0 radical (unpaired) electrons. The van der Waals surface area contributed by atoms with E-state index in [4.69, 9.17) is 10.5 Å². The molecule has 1 aliphatic carbocycles. The second kappa shape index (κ2) is 4.04. The second-order valence-electron chi connectivity index (χ2n) is 5.88. The standard InChI is InChI=1S/C12H24N2O/c1-11(2)9-14(6-7-15-11)10-12(8-13)4-3-5-12/h3-10,13H2,1-2H3. The van der Waals surface area contributed by atoms with Crippen LogP contribution >= 0.6 is 0 Å². The maximum Gasteiger partial charge on any atom is 0.0753 e. The largest absolute Gasteiger partial charge is 0.373 e. The first-order valence-corrected chi connectivity index (χ1v) is 6.12. The van der Waals surface area contributed by atoms with E-state index < -0.39 is 0 Å². The third-order valence-electron chi connectivity index (χ3n) is 3.91. The Labute approximate surface area is 93.0 Å². The van der Waals surface area contributed by atoms with E-state index in [1.807, 2.05) is 0 Å². The third-order valence-corrected chi connectivity index (χ3v) is 3.91. The number of nitrogens with two attached hydrogens (primary N) is 1. The van der Waals surface area contributed by atoms with Crippen LogP contribution in [0.1, 0.15) is 33.1 Å². The molecule has 2 aliphatic rings. The van der Waals surface area contributed by atoms with Crippen molar-refractivity contribution in [1.29, 1.82) is 0 Å². The Kier molecular flexibility index (Phi) is 3.06. The molecule has 1 saturated heterocycles. The number of rotatable bonds is 3. The minimum absolute atomic E-state index is 0.0256. The summed E-state index contributed by atoms with van der Waals surface area (Å²) in [6, 6.07) is 0. The summed E-state index contributed by atoms with van der Waals surface area (Å²) in [7, 11) is 0. The molecule has 0 bridgehead atoms. The lowest BCUT2D eigenvalue weighted by Crippen LogP contribution is -2.54. The average molecular weight is 212 g/mol. The predicted molar refractivity (Wildman–Crippen MR) is 61.8 cm³/mol. The van der Waals surface area contributed by atoms with Crippen LogP contribution < -0.4 is 5.73 Å². The molecule has 0 atom stereocenters. The summed E-state index contributed by atoms with van der Waals surface area (Å²) >= 11 is 0. The highest BCUT2D eigenvalue weighted by Crippen LogP contribution is 2.41. The Hall–Kier alpha value is -0.120. The van der Waals surface area contributed by atoms with Crippen molar-refractivity contribution >= 4 is 0 Å². The molecule has 2 N–H and O–H groups in total. The van der Waals surface area contributed by atoms with Crippen LogP contribution in [0.4, 0.5) is 0 Å². The first-order valence-electron chi connectivity index (χ1n) is 6.12. The number of morpholine rings is 1. The lowest BCUT2D eigenvalue weighted by atomic mass is 9.68. The van der Waals surface area contributed by atoms with E-state index in [2.05, 4.69) is 18.7 Å². The van der Waals surface area contributed by atoms with Crippen molar-refractivity contribution in [3.8, 4) is 0 Å². The molecule has 0 aromatic heterocycles. The third kappa shape index (κ3) is 2.52. The zero-order chi connectivity index (χ0) is 10.9. The van der Waals surface area contributed by atoms with E-state index in [9.17, 15) is 0 Å². The number of ether oxygens (including phenoxy) is 1. The van der Waals surface area contributed by atoms with Crippen molar-refractivity contribution in [1.82, 2.24) is 4.90 Å². The van der Waals surface area contributed by atoms with Crippen LogP contribution in [-0.4, -0.2) is 43.3 Å². The highest BCUT2D eigenvalue weighted by Gasteiger charge is 2.39. The van der Waals surface area contributed by atoms with Gasteiger partial charge in [-0.25, -0.2) is 0 Å². The summed E-state index contributed by atoms with van der Waals surface area (Å²) in [5.74, 6) is 0. The fourth-order valence-corrected chi connectivity index (χ4v) is 2.83. The molecule has 3 heteroatoms. The second-order valence-corrected chi connectivity index (χ2v) is 5.88. The van der Waals surface area contributed by atoms with Gasteiger partial charge in [0.1, 0.15) is 0 Å². The smallest absolute Gasteiger partial charge is 0.0753 e. The van der Waals surface area contributed by atoms with Crippen molar-refractivity contribution in [3.05, 3.63) is 0 Å². The lowest BCUT2D eigenvalue weighted by Gasteiger charge is -2.47. The Morgan fingerprint density at radius 2 is 2.07 bits per heavy atom. The normalized spacial score (nSPS) is 29.8. The van der Waals surface area contributed by atoms with Crippen LogP contribution in [-0.2, 0) is 4.74 Å². The Morgan fingerprint density at radius 3 is 2.53 bits per heavy atom. The van der Waals surface area contributed by atoms with Gasteiger partial charge >= 0.3 is 0 Å². The number of hydrogen-bond acceptors (Lipinski definition) is 3. The summed E-state index contributed by atoms with van der Waals surface area (Å²) in [4.78, 5) is 2.54. The zero-order valence-electron chi connectivity index (χ0n) is 10.1. The van der Waals surface area contributed by atoms with Crippen molar-refractivity contribution in [2.45, 2.75) is 38.7 Å². The molecule has 1 saturated carbocycles. The summed E-state index contributed by atoms with van der Waals surface area (Å²) in [6.07, 6.45) is 4.01. The molecule has 0 unspecified atom stereocenters. The summed E-state index contributed by atoms with van der Waals surface area (Å²) in [5, 5.41) is 0. The van der Waals surface area contributed by atoms with Crippen molar-refractivity contribution in [3.63, 3.8) is 0 Å². The fourth-order valence-electron chi connectivity index (χ4n) is 2.83. The van der Waals surface area contributed by atoms with Gasteiger partial charge in [0.25, 0.3) is 0 Å². The van der Waals surface area contributed by atoms with Gasteiger partial charge in [-0.2, -0.15) is 0 Å². The van der Waals surface area contributed by atoms with Crippen LogP contribution in [0.25, 0.3) is 0 Å². The van der Waals surface area contributed by atoms with E-state index in [1.54, 1.807) is 0 Å². The quantitative estimate of drug-likeness (QED) is 0.764. The maximum atomic E-state index is 5.90. The van der Waals surface area contributed by atoms with E-state index >= 15 is 0 Å². The van der Waals surface area contributed by atoms with E-state index in [0.717, 1.165) is 26.2 Å². The van der Waals surface area contributed by atoms with Gasteiger partial charge in [-0.15, -0.1) is 0 Å². The molecule has 1 aliphatic heterocycles. The van der Waals surface area contributed by atoms with Gasteiger partial charge in [0.2, 0.25) is 0 Å². The molecular weight excluding hydrogens is 188 g/mol. The van der Waals surface area contributed by atoms with E-state index in [1.165, 1.54) is 25.8 Å². The lowest BCUT2D eigenvalue weighted by molar-refractivity contribution is -0.0991. The monoisotopic (exact) mass is 212 g/mol.